The van der Waals surface area contributed by atoms with Crippen LogP contribution in [0.4, 0.5) is 0 Å². The van der Waals surface area contributed by atoms with Crippen molar-refractivity contribution in [2.75, 3.05) is 13.7 Å². The second-order valence-electron chi connectivity index (χ2n) is 2.19. The van der Waals surface area contributed by atoms with Gasteiger partial charge in [0.15, 0.2) is 6.04 Å². The van der Waals surface area contributed by atoms with E-state index in [1.54, 1.807) is 0 Å². The molecule has 5 heteroatoms. The van der Waals surface area contributed by atoms with E-state index in [9.17, 15) is 9.59 Å². The van der Waals surface area contributed by atoms with Gasteiger partial charge in [0.2, 0.25) is 5.91 Å². The SMILES string of the molecule is C=CC(=O)N(C)[C@@H](CO)C(=O)O. The van der Waals surface area contributed by atoms with E-state index in [-0.39, 0.29) is 0 Å². The third kappa shape index (κ3) is 2.35. The Morgan fingerprint density at radius 2 is 2.17 bits per heavy atom. The molecule has 0 aromatic heterocycles. The second-order valence-corrected chi connectivity index (χ2v) is 2.19. The van der Waals surface area contributed by atoms with E-state index in [0.29, 0.717) is 0 Å². The smallest absolute Gasteiger partial charge is 0.328 e. The van der Waals surface area contributed by atoms with Crippen LogP contribution in [0.15, 0.2) is 12.7 Å². The van der Waals surface area contributed by atoms with Gasteiger partial charge in [-0.2, -0.15) is 0 Å². The molecule has 2 N–H and O–H groups in total. The third-order valence-corrected chi connectivity index (χ3v) is 1.45. The van der Waals surface area contributed by atoms with Crippen molar-refractivity contribution in [1.82, 2.24) is 4.90 Å². The van der Waals surface area contributed by atoms with Gasteiger partial charge in [-0.05, 0) is 6.08 Å². The van der Waals surface area contributed by atoms with Gasteiger partial charge in [0.05, 0.1) is 6.61 Å². The molecule has 0 rings (SSSR count). The van der Waals surface area contributed by atoms with E-state index < -0.39 is 24.5 Å². The third-order valence-electron chi connectivity index (χ3n) is 1.45. The molecule has 0 aromatic rings. The molecular formula is C7H11NO4. The Bertz CT molecular complexity index is 202. The fourth-order valence-electron chi connectivity index (χ4n) is 0.664. The summed E-state index contributed by atoms with van der Waals surface area (Å²) in [6.07, 6.45) is 0.992. The van der Waals surface area contributed by atoms with Crippen molar-refractivity contribution in [3.05, 3.63) is 12.7 Å². The number of aliphatic hydroxyl groups is 1. The molecule has 0 fully saturated rings. The van der Waals surface area contributed by atoms with Crippen molar-refractivity contribution in [3.63, 3.8) is 0 Å². The van der Waals surface area contributed by atoms with E-state index in [0.717, 1.165) is 11.0 Å². The number of aliphatic hydroxyl groups excluding tert-OH is 1. The summed E-state index contributed by atoms with van der Waals surface area (Å²) in [5.41, 5.74) is 0. The van der Waals surface area contributed by atoms with E-state index >= 15 is 0 Å². The van der Waals surface area contributed by atoms with Crippen molar-refractivity contribution < 1.29 is 19.8 Å². The number of aliphatic carboxylic acids is 1. The zero-order valence-electron chi connectivity index (χ0n) is 6.73. The number of likely N-dealkylation sites (N-methyl/N-ethyl adjacent to an activating group) is 1. The van der Waals surface area contributed by atoms with Gasteiger partial charge in [-0.15, -0.1) is 0 Å². The Morgan fingerprint density at radius 1 is 1.67 bits per heavy atom. The quantitative estimate of drug-likeness (QED) is 0.539. The molecule has 0 saturated heterocycles. The number of carboxylic acids is 1. The predicted molar refractivity (Wildman–Crippen MR) is 41.5 cm³/mol. The van der Waals surface area contributed by atoms with E-state index in [1.807, 2.05) is 0 Å². The minimum atomic E-state index is -1.24. The summed E-state index contributed by atoms with van der Waals surface area (Å²) < 4.78 is 0. The Balaban J connectivity index is 4.40. The van der Waals surface area contributed by atoms with E-state index in [1.165, 1.54) is 7.05 Å². The molecule has 1 atom stereocenters. The average Bonchev–Trinajstić information content (AvgIpc) is 2.03. The summed E-state index contributed by atoms with van der Waals surface area (Å²) in [5, 5.41) is 17.1. The number of carbonyl (C=O) groups excluding carboxylic acids is 1. The summed E-state index contributed by atoms with van der Waals surface area (Å²) in [5.74, 6) is -1.77. The molecule has 0 heterocycles. The number of carbonyl (C=O) groups is 2. The highest BCUT2D eigenvalue weighted by atomic mass is 16.4. The van der Waals surface area contributed by atoms with Crippen LogP contribution in [-0.4, -0.2) is 46.7 Å². The number of amides is 1. The van der Waals surface area contributed by atoms with Crippen LogP contribution in [0.2, 0.25) is 0 Å². The minimum Gasteiger partial charge on any atom is -0.480 e. The van der Waals surface area contributed by atoms with Gasteiger partial charge in [0.25, 0.3) is 0 Å². The van der Waals surface area contributed by atoms with Gasteiger partial charge in [-0.1, -0.05) is 6.58 Å². The lowest BCUT2D eigenvalue weighted by Crippen LogP contribution is -2.44. The Kier molecular flexibility index (Phi) is 3.99. The Morgan fingerprint density at radius 3 is 2.42 bits per heavy atom. The zero-order chi connectivity index (χ0) is 9.72. The first-order chi connectivity index (χ1) is 5.54. The molecule has 0 aliphatic carbocycles. The molecule has 1 amide bonds. The van der Waals surface area contributed by atoms with Gasteiger partial charge in [0, 0.05) is 7.05 Å². The maximum atomic E-state index is 10.8. The summed E-state index contributed by atoms with van der Waals surface area (Å²) >= 11 is 0. The topological polar surface area (TPSA) is 77.8 Å². The highest BCUT2D eigenvalue weighted by molar-refractivity contribution is 5.90. The molecule has 5 nitrogen and oxygen atoms in total. The van der Waals surface area contributed by atoms with Crippen LogP contribution in [0.25, 0.3) is 0 Å². The van der Waals surface area contributed by atoms with Crippen molar-refractivity contribution in [1.29, 1.82) is 0 Å². The van der Waals surface area contributed by atoms with Crippen LogP contribution < -0.4 is 0 Å². The molecule has 0 radical (unpaired) electrons. The fraction of sp³-hybridized carbons (Fsp3) is 0.429. The first-order valence-electron chi connectivity index (χ1n) is 3.27. The predicted octanol–water partition coefficient (Wildman–Crippen LogP) is -0.924. The first-order valence-corrected chi connectivity index (χ1v) is 3.27. The zero-order valence-corrected chi connectivity index (χ0v) is 6.73. The minimum absolute atomic E-state index is 0.531. The van der Waals surface area contributed by atoms with Crippen LogP contribution in [0.3, 0.4) is 0 Å². The standard InChI is InChI=1S/C7H11NO4/c1-3-6(10)8(2)5(4-9)7(11)12/h3,5,9H,1,4H2,2H3,(H,11,12)/t5-/m0/s1. The van der Waals surface area contributed by atoms with Crippen molar-refractivity contribution in [3.8, 4) is 0 Å². The first kappa shape index (κ1) is 10.6. The highest BCUT2D eigenvalue weighted by Gasteiger charge is 2.23. The highest BCUT2D eigenvalue weighted by Crippen LogP contribution is 1.96. The lowest BCUT2D eigenvalue weighted by molar-refractivity contribution is -0.149. The maximum absolute atomic E-state index is 10.8. The van der Waals surface area contributed by atoms with Crippen molar-refractivity contribution in [2.24, 2.45) is 0 Å². The van der Waals surface area contributed by atoms with Crippen LogP contribution in [0, 0.1) is 0 Å². The van der Waals surface area contributed by atoms with Crippen molar-refractivity contribution in [2.45, 2.75) is 6.04 Å². The monoisotopic (exact) mass is 173 g/mol. The molecule has 0 bridgehead atoms. The number of hydrogen-bond acceptors (Lipinski definition) is 3. The van der Waals surface area contributed by atoms with Gasteiger partial charge in [0.1, 0.15) is 0 Å². The molecular weight excluding hydrogens is 162 g/mol. The summed E-state index contributed by atoms with van der Waals surface area (Å²) in [4.78, 5) is 22.2. The van der Waals surface area contributed by atoms with Crippen LogP contribution in [-0.2, 0) is 9.59 Å². The Hall–Kier alpha value is -1.36. The van der Waals surface area contributed by atoms with E-state index in [2.05, 4.69) is 6.58 Å². The van der Waals surface area contributed by atoms with Crippen LogP contribution in [0.1, 0.15) is 0 Å². The lowest BCUT2D eigenvalue weighted by Gasteiger charge is -2.21. The van der Waals surface area contributed by atoms with Crippen LogP contribution in [0.5, 0.6) is 0 Å². The largest absolute Gasteiger partial charge is 0.480 e. The van der Waals surface area contributed by atoms with E-state index in [4.69, 9.17) is 10.2 Å². The molecule has 0 aromatic carbocycles. The molecule has 0 spiro atoms. The maximum Gasteiger partial charge on any atom is 0.328 e. The summed E-state index contributed by atoms with van der Waals surface area (Å²) in [6, 6.07) is -1.20. The average molecular weight is 173 g/mol. The van der Waals surface area contributed by atoms with Crippen LogP contribution >= 0.6 is 0 Å². The second kappa shape index (κ2) is 4.50. The summed E-state index contributed by atoms with van der Waals surface area (Å²) in [7, 11) is 1.29. The van der Waals surface area contributed by atoms with Gasteiger partial charge >= 0.3 is 5.97 Å². The van der Waals surface area contributed by atoms with Gasteiger partial charge < -0.3 is 15.1 Å². The number of nitrogens with zero attached hydrogens (tertiary/aromatic N) is 1. The fourth-order valence-corrected chi connectivity index (χ4v) is 0.664. The molecule has 0 unspecified atom stereocenters. The molecule has 0 aliphatic rings. The molecule has 0 saturated carbocycles. The van der Waals surface area contributed by atoms with Gasteiger partial charge in [-0.3, -0.25) is 4.79 Å². The van der Waals surface area contributed by atoms with Gasteiger partial charge in [-0.25, -0.2) is 4.79 Å². The Labute approximate surface area is 69.9 Å². The number of hydrogen-bond donors (Lipinski definition) is 2. The number of carboxylic acid groups (broad SMARTS) is 1. The molecule has 68 valence electrons. The summed E-state index contributed by atoms with van der Waals surface area (Å²) in [6.45, 7) is 2.59. The molecule has 0 aliphatic heterocycles. The normalized spacial score (nSPS) is 11.8. The number of rotatable bonds is 4. The molecule has 12 heavy (non-hydrogen) atoms. The van der Waals surface area contributed by atoms with Crippen molar-refractivity contribution >= 4 is 11.9 Å². The lowest BCUT2D eigenvalue weighted by atomic mass is 10.3.